The number of rotatable bonds is 1. The molecule has 2 aromatic rings. The maximum atomic E-state index is 6.20. The van der Waals surface area contributed by atoms with Gasteiger partial charge in [-0.05, 0) is 43.5 Å². The quantitative estimate of drug-likeness (QED) is 0.824. The molecule has 1 unspecified atom stereocenters. The highest BCUT2D eigenvalue weighted by Crippen LogP contribution is 2.37. The van der Waals surface area contributed by atoms with Crippen LogP contribution in [0.15, 0.2) is 36.4 Å². The molecule has 0 fully saturated rings. The molecule has 0 saturated carbocycles. The molecule has 0 aromatic heterocycles. The maximum absolute atomic E-state index is 6.20. The van der Waals surface area contributed by atoms with Crippen LogP contribution in [0.1, 0.15) is 28.4 Å². The van der Waals surface area contributed by atoms with Crippen molar-refractivity contribution in [2.75, 3.05) is 11.9 Å². The molecule has 19 heavy (non-hydrogen) atoms. The summed E-state index contributed by atoms with van der Waals surface area (Å²) in [7, 11) is 0. The molecule has 1 atom stereocenters. The smallest absolute Gasteiger partial charge is 0.146 e. The van der Waals surface area contributed by atoms with E-state index >= 15 is 0 Å². The first-order valence-corrected chi connectivity index (χ1v) is 6.72. The van der Waals surface area contributed by atoms with E-state index in [1.54, 1.807) is 0 Å². The van der Waals surface area contributed by atoms with Crippen LogP contribution in [-0.2, 0) is 0 Å². The minimum Gasteiger partial charge on any atom is -0.481 e. The Balaban J connectivity index is 1.94. The van der Waals surface area contributed by atoms with Crippen LogP contribution in [0.25, 0.3) is 0 Å². The van der Waals surface area contributed by atoms with Gasteiger partial charge in [0.25, 0.3) is 0 Å². The van der Waals surface area contributed by atoms with Crippen molar-refractivity contribution >= 4 is 5.69 Å². The maximum Gasteiger partial charge on any atom is 0.146 e. The number of hydrogen-bond acceptors (Lipinski definition) is 2. The second-order valence-corrected chi connectivity index (χ2v) is 5.36. The van der Waals surface area contributed by atoms with Crippen LogP contribution in [0.4, 0.5) is 5.69 Å². The van der Waals surface area contributed by atoms with Crippen LogP contribution < -0.4 is 10.1 Å². The minimum atomic E-state index is 0.0915. The second-order valence-electron chi connectivity index (χ2n) is 5.36. The molecular formula is C17H19NO. The zero-order chi connectivity index (χ0) is 13.4. The Morgan fingerprint density at radius 3 is 2.68 bits per heavy atom. The van der Waals surface area contributed by atoms with Gasteiger partial charge < -0.3 is 10.1 Å². The Labute approximate surface area is 114 Å². The lowest BCUT2D eigenvalue weighted by Crippen LogP contribution is -2.24. The Morgan fingerprint density at radius 2 is 1.89 bits per heavy atom. The molecule has 1 aliphatic heterocycles. The first kappa shape index (κ1) is 12.1. The van der Waals surface area contributed by atoms with Crippen molar-refractivity contribution in [3.05, 3.63) is 58.7 Å². The lowest BCUT2D eigenvalue weighted by molar-refractivity contribution is 0.209. The summed E-state index contributed by atoms with van der Waals surface area (Å²) in [5.41, 5.74) is 6.08. The molecule has 2 nitrogen and oxygen atoms in total. The van der Waals surface area contributed by atoms with Gasteiger partial charge in [0.15, 0.2) is 0 Å². The summed E-state index contributed by atoms with van der Waals surface area (Å²) in [6.07, 6.45) is 0.0915. The first-order valence-electron chi connectivity index (χ1n) is 6.72. The summed E-state index contributed by atoms with van der Waals surface area (Å²) in [6, 6.07) is 12.8. The Hall–Kier alpha value is -1.96. The normalized spacial score (nSPS) is 17.3. The highest BCUT2D eigenvalue weighted by atomic mass is 16.5. The van der Waals surface area contributed by atoms with E-state index in [9.17, 15) is 0 Å². The van der Waals surface area contributed by atoms with Crippen LogP contribution in [-0.4, -0.2) is 6.54 Å². The molecule has 0 radical (unpaired) electrons. The highest BCUT2D eigenvalue weighted by molar-refractivity contribution is 5.63. The molecule has 0 spiro atoms. The van der Waals surface area contributed by atoms with Gasteiger partial charge in [0.1, 0.15) is 11.9 Å². The van der Waals surface area contributed by atoms with Crippen molar-refractivity contribution in [2.45, 2.75) is 26.9 Å². The molecular weight excluding hydrogens is 234 g/mol. The molecule has 0 amide bonds. The fourth-order valence-corrected chi connectivity index (χ4v) is 2.68. The molecule has 1 aliphatic rings. The van der Waals surface area contributed by atoms with Gasteiger partial charge in [-0.1, -0.05) is 35.9 Å². The van der Waals surface area contributed by atoms with Gasteiger partial charge in [-0.25, -0.2) is 0 Å². The second kappa shape index (κ2) is 4.61. The average molecular weight is 253 g/mol. The first-order chi connectivity index (χ1) is 9.13. The zero-order valence-corrected chi connectivity index (χ0v) is 11.7. The van der Waals surface area contributed by atoms with Gasteiger partial charge in [0, 0.05) is 0 Å². The fraction of sp³-hybridized carbons (Fsp3) is 0.294. The van der Waals surface area contributed by atoms with E-state index in [-0.39, 0.29) is 6.10 Å². The summed E-state index contributed by atoms with van der Waals surface area (Å²) in [4.78, 5) is 0. The van der Waals surface area contributed by atoms with E-state index in [0.717, 1.165) is 18.0 Å². The van der Waals surface area contributed by atoms with Crippen LogP contribution in [0.5, 0.6) is 5.75 Å². The van der Waals surface area contributed by atoms with Crippen molar-refractivity contribution in [3.8, 4) is 5.75 Å². The van der Waals surface area contributed by atoms with Gasteiger partial charge in [0.05, 0.1) is 12.2 Å². The van der Waals surface area contributed by atoms with E-state index in [4.69, 9.17) is 4.74 Å². The summed E-state index contributed by atoms with van der Waals surface area (Å²) in [5.74, 6) is 0.989. The van der Waals surface area contributed by atoms with Crippen LogP contribution in [0, 0.1) is 20.8 Å². The third-order valence-electron chi connectivity index (χ3n) is 3.57. The molecule has 1 heterocycles. The van der Waals surface area contributed by atoms with Gasteiger partial charge in [-0.3, -0.25) is 0 Å². The van der Waals surface area contributed by atoms with Crippen molar-refractivity contribution in [1.29, 1.82) is 0 Å². The van der Waals surface area contributed by atoms with Crippen molar-refractivity contribution < 1.29 is 4.74 Å². The largest absolute Gasteiger partial charge is 0.481 e. The number of nitrogens with one attached hydrogen (secondary N) is 1. The van der Waals surface area contributed by atoms with E-state index < -0.39 is 0 Å². The molecule has 2 aromatic carbocycles. The lowest BCUT2D eigenvalue weighted by atomic mass is 10.0. The van der Waals surface area contributed by atoms with Gasteiger partial charge >= 0.3 is 0 Å². The average Bonchev–Trinajstić information content (AvgIpc) is 2.38. The summed E-state index contributed by atoms with van der Waals surface area (Å²) in [6.45, 7) is 7.15. The number of benzene rings is 2. The van der Waals surface area contributed by atoms with Crippen molar-refractivity contribution in [3.63, 3.8) is 0 Å². The number of hydrogen-bond donors (Lipinski definition) is 1. The minimum absolute atomic E-state index is 0.0915. The fourth-order valence-electron chi connectivity index (χ4n) is 2.68. The Bertz CT molecular complexity index is 619. The van der Waals surface area contributed by atoms with Gasteiger partial charge in [-0.2, -0.15) is 0 Å². The highest BCUT2D eigenvalue weighted by Gasteiger charge is 2.22. The summed E-state index contributed by atoms with van der Waals surface area (Å²) < 4.78 is 6.20. The monoisotopic (exact) mass is 253 g/mol. The predicted molar refractivity (Wildman–Crippen MR) is 79.0 cm³/mol. The van der Waals surface area contributed by atoms with Crippen molar-refractivity contribution in [1.82, 2.24) is 0 Å². The summed E-state index contributed by atoms with van der Waals surface area (Å²) >= 11 is 0. The predicted octanol–water partition coefficient (Wildman–Crippen LogP) is 4.16. The molecule has 1 N–H and O–H groups in total. The zero-order valence-electron chi connectivity index (χ0n) is 11.7. The molecule has 98 valence electrons. The third-order valence-corrected chi connectivity index (χ3v) is 3.57. The van der Waals surface area contributed by atoms with E-state index in [1.165, 1.54) is 22.3 Å². The SMILES string of the molecule is Cc1cccc(C2CNc3cc(C)cc(C)c3O2)c1. The third kappa shape index (κ3) is 2.30. The topological polar surface area (TPSA) is 21.3 Å². The van der Waals surface area contributed by atoms with Gasteiger partial charge in [0.2, 0.25) is 0 Å². The number of fused-ring (bicyclic) bond motifs is 1. The number of aryl methyl sites for hydroxylation is 3. The van der Waals surface area contributed by atoms with Crippen LogP contribution in [0.2, 0.25) is 0 Å². The van der Waals surface area contributed by atoms with Gasteiger partial charge in [-0.15, -0.1) is 0 Å². The van der Waals surface area contributed by atoms with E-state index in [1.807, 2.05) is 0 Å². The lowest BCUT2D eigenvalue weighted by Gasteiger charge is -2.29. The molecule has 0 bridgehead atoms. The standard InChI is InChI=1S/C17H19NO/c1-11-5-4-6-14(8-11)16-10-18-15-9-12(2)7-13(3)17(15)19-16/h4-9,16,18H,10H2,1-3H3. The molecule has 0 saturated heterocycles. The van der Waals surface area contributed by atoms with Crippen LogP contribution in [0.3, 0.4) is 0 Å². The Kier molecular flexibility index (Phi) is 2.94. The number of ether oxygens (including phenoxy) is 1. The number of anilines is 1. The van der Waals surface area contributed by atoms with E-state index in [0.29, 0.717) is 0 Å². The van der Waals surface area contributed by atoms with Crippen LogP contribution >= 0.6 is 0 Å². The molecule has 3 rings (SSSR count). The van der Waals surface area contributed by atoms with E-state index in [2.05, 4.69) is 62.5 Å². The molecule has 2 heteroatoms. The molecule has 0 aliphatic carbocycles. The summed E-state index contributed by atoms with van der Waals surface area (Å²) in [5, 5.41) is 3.49. The Morgan fingerprint density at radius 1 is 1.05 bits per heavy atom. The van der Waals surface area contributed by atoms with Crippen molar-refractivity contribution in [2.24, 2.45) is 0 Å².